The maximum absolute atomic E-state index is 12.8. The van der Waals surface area contributed by atoms with Gasteiger partial charge < -0.3 is 20.9 Å². The predicted octanol–water partition coefficient (Wildman–Crippen LogP) is 3.12. The highest BCUT2D eigenvalue weighted by Crippen LogP contribution is 2.38. The topological polar surface area (TPSA) is 123 Å². The normalized spacial score (nSPS) is 21.8. The minimum Gasteiger partial charge on any atom is -0.497 e. The number of nitrogens with one attached hydrogen (secondary N) is 1. The molecule has 1 amide bonds. The molecular weight excluding hydrogens is 418 g/mol. The molecule has 33 heavy (non-hydrogen) atoms. The number of aliphatic hydroxyl groups excluding tert-OH is 1. The summed E-state index contributed by atoms with van der Waals surface area (Å²) >= 11 is 0. The number of ether oxygens (including phenoxy) is 1. The number of nitrogen functional groups attached to an aromatic ring is 1. The van der Waals surface area contributed by atoms with E-state index in [1.54, 1.807) is 7.11 Å². The second kappa shape index (κ2) is 10.5. The van der Waals surface area contributed by atoms with Crippen LogP contribution in [0.3, 0.4) is 0 Å². The Morgan fingerprint density at radius 3 is 2.82 bits per heavy atom. The molecule has 0 bridgehead atoms. The van der Waals surface area contributed by atoms with Crippen molar-refractivity contribution in [1.29, 1.82) is 0 Å². The van der Waals surface area contributed by atoms with Crippen LogP contribution in [0.1, 0.15) is 43.6 Å². The second-order valence-corrected chi connectivity index (χ2v) is 8.50. The maximum Gasteiger partial charge on any atom is 0.227 e. The van der Waals surface area contributed by atoms with Gasteiger partial charge in [-0.15, -0.1) is 0 Å². The van der Waals surface area contributed by atoms with Crippen LogP contribution in [-0.2, 0) is 11.2 Å². The summed E-state index contributed by atoms with van der Waals surface area (Å²) in [5.74, 6) is 7.51. The highest BCUT2D eigenvalue weighted by Gasteiger charge is 2.31. The zero-order valence-corrected chi connectivity index (χ0v) is 18.8. The Morgan fingerprint density at radius 2 is 2.06 bits per heavy atom. The van der Waals surface area contributed by atoms with Gasteiger partial charge in [0.05, 0.1) is 12.8 Å². The van der Waals surface area contributed by atoms with Crippen molar-refractivity contribution in [3.63, 3.8) is 0 Å². The summed E-state index contributed by atoms with van der Waals surface area (Å²) in [5, 5.41) is 11.9. The average Bonchev–Trinajstić information content (AvgIpc) is 3.06. The molecule has 1 aromatic heterocycles. The second-order valence-electron chi connectivity index (χ2n) is 8.50. The van der Waals surface area contributed by atoms with Gasteiger partial charge in [0.25, 0.3) is 0 Å². The van der Waals surface area contributed by atoms with Crippen molar-refractivity contribution in [2.24, 2.45) is 22.7 Å². The summed E-state index contributed by atoms with van der Waals surface area (Å²) in [7, 11) is 1.61. The number of amides is 1. The third kappa shape index (κ3) is 5.49. The van der Waals surface area contributed by atoms with Crippen LogP contribution in [0, 0.1) is 29.6 Å². The molecule has 1 unspecified atom stereocenters. The molecule has 1 atom stereocenters. The Kier molecular flexibility index (Phi) is 7.20. The van der Waals surface area contributed by atoms with E-state index in [1.807, 2.05) is 30.5 Å². The van der Waals surface area contributed by atoms with E-state index in [0.717, 1.165) is 55.7 Å². The van der Waals surface area contributed by atoms with Crippen molar-refractivity contribution in [2.45, 2.75) is 38.5 Å². The SMILES string of the molecule is COc1cccc(NC(=O)[C@H]2CC[C@@H](C3C=Nc4c(N)nc(C#CCO)nc4CC3)CC2)c1. The maximum atomic E-state index is 12.8. The monoisotopic (exact) mass is 447 g/mol. The molecule has 0 spiro atoms. The van der Waals surface area contributed by atoms with E-state index in [1.165, 1.54) is 0 Å². The fourth-order valence-electron chi connectivity index (χ4n) is 4.67. The number of nitrogens with zero attached hydrogens (tertiary/aromatic N) is 3. The number of aliphatic imine (C=N–C) groups is 1. The molecular formula is C25H29N5O3. The third-order valence-electron chi connectivity index (χ3n) is 6.46. The summed E-state index contributed by atoms with van der Waals surface area (Å²) in [6.07, 6.45) is 7.35. The summed E-state index contributed by atoms with van der Waals surface area (Å²) in [4.78, 5) is 26.1. The lowest BCUT2D eigenvalue weighted by atomic mass is 9.74. The van der Waals surface area contributed by atoms with Crippen LogP contribution in [0.25, 0.3) is 0 Å². The smallest absolute Gasteiger partial charge is 0.227 e. The van der Waals surface area contributed by atoms with Gasteiger partial charge in [-0.25, -0.2) is 9.97 Å². The molecule has 1 aromatic carbocycles. The summed E-state index contributed by atoms with van der Waals surface area (Å²) < 4.78 is 5.23. The van der Waals surface area contributed by atoms with E-state index >= 15 is 0 Å². The van der Waals surface area contributed by atoms with Gasteiger partial charge in [0, 0.05) is 23.9 Å². The quantitative estimate of drug-likeness (QED) is 0.619. The molecule has 8 nitrogen and oxygen atoms in total. The first-order chi connectivity index (χ1) is 16.1. The van der Waals surface area contributed by atoms with Gasteiger partial charge in [0.2, 0.25) is 11.7 Å². The van der Waals surface area contributed by atoms with E-state index in [4.69, 9.17) is 15.6 Å². The van der Waals surface area contributed by atoms with Gasteiger partial charge in [-0.1, -0.05) is 12.0 Å². The summed E-state index contributed by atoms with van der Waals surface area (Å²) in [6.45, 7) is -0.249. The average molecular weight is 448 g/mol. The lowest BCUT2D eigenvalue weighted by molar-refractivity contribution is -0.121. The molecule has 2 heterocycles. The van der Waals surface area contributed by atoms with E-state index in [9.17, 15) is 4.79 Å². The van der Waals surface area contributed by atoms with Crippen LogP contribution in [0.4, 0.5) is 17.2 Å². The Labute approximate surface area is 193 Å². The van der Waals surface area contributed by atoms with Gasteiger partial charge in [-0.3, -0.25) is 9.79 Å². The van der Waals surface area contributed by atoms with E-state index in [0.29, 0.717) is 29.2 Å². The summed E-state index contributed by atoms with van der Waals surface area (Å²) in [5.41, 5.74) is 8.28. The molecule has 4 N–H and O–H groups in total. The van der Waals surface area contributed by atoms with Gasteiger partial charge in [0.1, 0.15) is 18.0 Å². The number of hydrogen-bond donors (Lipinski definition) is 3. The van der Waals surface area contributed by atoms with E-state index in [-0.39, 0.29) is 18.4 Å². The highest BCUT2D eigenvalue weighted by atomic mass is 16.5. The van der Waals surface area contributed by atoms with Crippen molar-refractivity contribution in [3.8, 4) is 17.6 Å². The third-order valence-corrected chi connectivity index (χ3v) is 6.46. The number of anilines is 2. The van der Waals surface area contributed by atoms with Gasteiger partial charge in [-0.2, -0.15) is 0 Å². The molecule has 172 valence electrons. The predicted molar refractivity (Wildman–Crippen MR) is 127 cm³/mol. The lowest BCUT2D eigenvalue weighted by Crippen LogP contribution is -2.30. The molecule has 1 aliphatic carbocycles. The number of hydrogen-bond acceptors (Lipinski definition) is 7. The molecule has 8 heteroatoms. The number of fused-ring (bicyclic) bond motifs is 1. The molecule has 2 aliphatic rings. The summed E-state index contributed by atoms with van der Waals surface area (Å²) in [6, 6.07) is 7.43. The molecule has 2 aromatic rings. The number of nitrogens with two attached hydrogens (primary N) is 1. The van der Waals surface area contributed by atoms with Crippen LogP contribution >= 0.6 is 0 Å². The molecule has 1 fully saturated rings. The lowest BCUT2D eigenvalue weighted by Gasteiger charge is -2.31. The number of methoxy groups -OCH3 is 1. The van der Waals surface area contributed by atoms with Crippen LogP contribution in [-0.4, -0.2) is 40.9 Å². The largest absolute Gasteiger partial charge is 0.497 e. The fraction of sp³-hybridized carbons (Fsp3) is 0.440. The van der Waals surface area contributed by atoms with Crippen molar-refractivity contribution >= 4 is 29.3 Å². The highest BCUT2D eigenvalue weighted by molar-refractivity contribution is 5.92. The van der Waals surface area contributed by atoms with Crippen LogP contribution < -0.4 is 15.8 Å². The first-order valence-electron chi connectivity index (χ1n) is 11.3. The zero-order chi connectivity index (χ0) is 23.2. The van der Waals surface area contributed by atoms with Crippen LogP contribution in [0.5, 0.6) is 5.75 Å². The minimum atomic E-state index is -0.249. The Hall–Kier alpha value is -3.44. The number of benzene rings is 1. The first kappa shape index (κ1) is 22.7. The number of aryl methyl sites for hydroxylation is 1. The molecule has 0 radical (unpaired) electrons. The van der Waals surface area contributed by atoms with Crippen molar-refractivity contribution in [2.75, 3.05) is 24.8 Å². The Morgan fingerprint density at radius 1 is 1.24 bits per heavy atom. The molecule has 4 rings (SSSR count). The number of carbonyl (C=O) groups is 1. The van der Waals surface area contributed by atoms with Gasteiger partial charge in [0.15, 0.2) is 5.82 Å². The van der Waals surface area contributed by atoms with Gasteiger partial charge in [-0.05, 0) is 68.4 Å². The number of aromatic nitrogens is 2. The molecule has 0 saturated heterocycles. The Bertz CT molecular complexity index is 1100. The van der Waals surface area contributed by atoms with E-state index in [2.05, 4.69) is 32.1 Å². The van der Waals surface area contributed by atoms with Crippen molar-refractivity contribution in [3.05, 3.63) is 35.8 Å². The van der Waals surface area contributed by atoms with Crippen LogP contribution in [0.15, 0.2) is 29.3 Å². The molecule has 1 saturated carbocycles. The fourth-order valence-corrected chi connectivity index (χ4v) is 4.67. The standard InChI is InChI=1S/C25H29N5O3/c1-33-20-5-2-4-19(14-20)28-25(32)17-9-7-16(8-10-17)18-11-12-21-23(27-15-18)24(26)30-22(29-21)6-3-13-31/h2,4-5,14-18,31H,7-13H2,1H3,(H,28,32)(H2,26,29,30)/t16-,17+,18?. The number of aliphatic hydroxyl groups is 1. The Balaban J connectivity index is 1.35. The zero-order valence-electron chi connectivity index (χ0n) is 18.8. The number of rotatable bonds is 4. The number of carbonyl (C=O) groups excluding carboxylic acids is 1. The van der Waals surface area contributed by atoms with Gasteiger partial charge >= 0.3 is 0 Å². The first-order valence-corrected chi connectivity index (χ1v) is 11.3. The van der Waals surface area contributed by atoms with E-state index < -0.39 is 0 Å². The molecule has 1 aliphatic heterocycles. The van der Waals surface area contributed by atoms with Crippen molar-refractivity contribution in [1.82, 2.24) is 9.97 Å². The van der Waals surface area contributed by atoms with Crippen molar-refractivity contribution < 1.29 is 14.6 Å². The van der Waals surface area contributed by atoms with Crippen LogP contribution in [0.2, 0.25) is 0 Å². The minimum absolute atomic E-state index is 0.0153.